The van der Waals surface area contributed by atoms with Crippen molar-refractivity contribution in [2.75, 3.05) is 7.11 Å². The van der Waals surface area contributed by atoms with Crippen LogP contribution >= 0.6 is 15.9 Å². The van der Waals surface area contributed by atoms with Crippen molar-refractivity contribution in [1.82, 2.24) is 0 Å². The van der Waals surface area contributed by atoms with E-state index in [2.05, 4.69) is 49.8 Å². The lowest BCUT2D eigenvalue weighted by atomic mass is 10.1. The van der Waals surface area contributed by atoms with Crippen LogP contribution in [0.1, 0.15) is 36.7 Å². The van der Waals surface area contributed by atoms with Gasteiger partial charge in [-0.15, -0.1) is 0 Å². The van der Waals surface area contributed by atoms with Crippen LogP contribution in [-0.4, -0.2) is 21.4 Å². The Bertz CT molecular complexity index is 519. The molecule has 0 fully saturated rings. The molecule has 0 aliphatic rings. The molecule has 0 radical (unpaired) electrons. The van der Waals surface area contributed by atoms with E-state index in [1.165, 1.54) is 7.11 Å². The van der Waals surface area contributed by atoms with Crippen molar-refractivity contribution in [1.29, 1.82) is 0 Å². The first kappa shape index (κ1) is 17.2. The molecule has 0 saturated carbocycles. The van der Waals surface area contributed by atoms with Crippen molar-refractivity contribution in [3.8, 4) is 5.75 Å². The van der Waals surface area contributed by atoms with Gasteiger partial charge in [-0.25, -0.2) is 4.79 Å². The molecule has 0 aliphatic heterocycles. The van der Waals surface area contributed by atoms with Crippen LogP contribution in [0.25, 0.3) is 0 Å². The van der Waals surface area contributed by atoms with Gasteiger partial charge in [-0.3, -0.25) is 0 Å². The van der Waals surface area contributed by atoms with E-state index in [1.807, 2.05) is 19.1 Å². The molecule has 0 saturated heterocycles. The zero-order chi connectivity index (χ0) is 15.7. The molecular weight excluding hydrogens is 336 g/mol. The first-order chi connectivity index (χ1) is 9.01. The molecule has 0 spiro atoms. The number of ether oxygens (including phenoxy) is 1. The molecule has 0 heterocycles. The largest absolute Gasteiger partial charge is 0.543 e. The molecule has 1 aromatic rings. The van der Waals surface area contributed by atoms with E-state index >= 15 is 0 Å². The first-order valence-electron chi connectivity index (χ1n) is 6.57. The Morgan fingerprint density at radius 1 is 1.25 bits per heavy atom. The number of halogens is 1. The maximum atomic E-state index is 12.0. The molecule has 0 bridgehead atoms. The summed E-state index contributed by atoms with van der Waals surface area (Å²) in [6, 6.07) is 3.74. The summed E-state index contributed by atoms with van der Waals surface area (Å²) < 4.78 is 12.0. The number of carbonyl (C=O) groups excluding carboxylic acids is 1. The fraction of sp³-hybridized carbons (Fsp3) is 0.533. The minimum absolute atomic E-state index is 0.0708. The highest BCUT2D eigenvalue weighted by Gasteiger charge is 2.40. The van der Waals surface area contributed by atoms with Gasteiger partial charge in [0, 0.05) is 4.47 Å². The number of hydrogen-bond acceptors (Lipinski definition) is 3. The maximum Gasteiger partial charge on any atom is 0.341 e. The molecule has 5 heteroatoms. The standard InChI is InChI=1S/C15H23BrO3Si/c1-10-11(16)8-9-12(13(10)14(17)18-5)19-20(6,7)15(2,3)4/h8-9H,1-7H3. The number of benzene rings is 1. The summed E-state index contributed by atoms with van der Waals surface area (Å²) >= 11 is 3.44. The number of carbonyl (C=O) groups is 1. The molecule has 0 unspecified atom stereocenters. The van der Waals surface area contributed by atoms with Crippen LogP contribution in [0.4, 0.5) is 0 Å². The van der Waals surface area contributed by atoms with Gasteiger partial charge >= 0.3 is 5.97 Å². The van der Waals surface area contributed by atoms with Gasteiger partial charge in [-0.1, -0.05) is 36.7 Å². The van der Waals surface area contributed by atoms with Crippen molar-refractivity contribution in [2.24, 2.45) is 0 Å². The maximum absolute atomic E-state index is 12.0. The molecule has 20 heavy (non-hydrogen) atoms. The van der Waals surface area contributed by atoms with Crippen molar-refractivity contribution in [3.63, 3.8) is 0 Å². The van der Waals surface area contributed by atoms with Crippen molar-refractivity contribution < 1.29 is 14.0 Å². The molecule has 0 atom stereocenters. The molecule has 0 amide bonds. The molecule has 0 aliphatic carbocycles. The fourth-order valence-corrected chi connectivity index (χ4v) is 2.89. The van der Waals surface area contributed by atoms with Gasteiger partial charge in [0.25, 0.3) is 8.32 Å². The summed E-state index contributed by atoms with van der Waals surface area (Å²) in [6.45, 7) is 12.7. The zero-order valence-corrected chi connectivity index (χ0v) is 15.8. The number of methoxy groups -OCH3 is 1. The molecule has 0 N–H and O–H groups in total. The SMILES string of the molecule is COC(=O)c1c(O[Si](C)(C)C(C)(C)C)ccc(Br)c1C. The molecule has 112 valence electrons. The normalized spacial score (nSPS) is 12.2. The van der Waals surface area contributed by atoms with E-state index in [4.69, 9.17) is 9.16 Å². The molecule has 3 nitrogen and oxygen atoms in total. The second kappa shape index (κ2) is 5.90. The van der Waals surface area contributed by atoms with Crippen LogP contribution in [0.3, 0.4) is 0 Å². The van der Waals surface area contributed by atoms with Crippen LogP contribution in [-0.2, 0) is 4.74 Å². The Morgan fingerprint density at radius 3 is 2.25 bits per heavy atom. The number of esters is 1. The van der Waals surface area contributed by atoms with Gasteiger partial charge in [0.05, 0.1) is 7.11 Å². The highest BCUT2D eigenvalue weighted by molar-refractivity contribution is 9.10. The molecular formula is C15H23BrO3Si. The third-order valence-corrected chi connectivity index (χ3v) is 9.12. The van der Waals surface area contributed by atoms with Crippen LogP contribution < -0.4 is 4.43 Å². The van der Waals surface area contributed by atoms with Crippen LogP contribution in [0, 0.1) is 6.92 Å². The lowest BCUT2D eigenvalue weighted by Gasteiger charge is -2.37. The summed E-state index contributed by atoms with van der Waals surface area (Å²) in [5.41, 5.74) is 1.35. The zero-order valence-electron chi connectivity index (χ0n) is 13.3. The summed E-state index contributed by atoms with van der Waals surface area (Å²) in [5.74, 6) is 0.252. The highest BCUT2D eigenvalue weighted by Crippen LogP contribution is 2.39. The predicted octanol–water partition coefficient (Wildman–Crippen LogP) is 4.93. The lowest BCUT2D eigenvalue weighted by molar-refractivity contribution is 0.0597. The molecule has 1 rings (SSSR count). The summed E-state index contributed by atoms with van der Waals surface area (Å²) in [7, 11) is -0.611. The van der Waals surface area contributed by atoms with Crippen LogP contribution in [0.15, 0.2) is 16.6 Å². The quantitative estimate of drug-likeness (QED) is 0.567. The van der Waals surface area contributed by atoms with E-state index in [1.54, 1.807) is 0 Å². The Hall–Kier alpha value is -0.813. The van der Waals surface area contributed by atoms with Crippen molar-refractivity contribution in [2.45, 2.75) is 45.8 Å². The van der Waals surface area contributed by atoms with E-state index in [-0.39, 0.29) is 11.0 Å². The van der Waals surface area contributed by atoms with Crippen LogP contribution in [0.2, 0.25) is 18.1 Å². The number of hydrogen-bond donors (Lipinski definition) is 0. The van der Waals surface area contributed by atoms with E-state index < -0.39 is 8.32 Å². The van der Waals surface area contributed by atoms with Gasteiger partial charge < -0.3 is 9.16 Å². The Labute approximate surface area is 130 Å². The average Bonchev–Trinajstić information content (AvgIpc) is 2.31. The first-order valence-corrected chi connectivity index (χ1v) is 10.3. The monoisotopic (exact) mass is 358 g/mol. The van der Waals surface area contributed by atoms with E-state index in [0.29, 0.717) is 11.3 Å². The van der Waals surface area contributed by atoms with Crippen molar-refractivity contribution >= 4 is 30.2 Å². The third-order valence-electron chi connectivity index (χ3n) is 3.92. The fourth-order valence-electron chi connectivity index (χ4n) is 1.53. The number of rotatable bonds is 3. The lowest BCUT2D eigenvalue weighted by Crippen LogP contribution is -2.44. The van der Waals surface area contributed by atoms with Gasteiger partial charge in [0.1, 0.15) is 11.3 Å². The second-order valence-corrected chi connectivity index (χ2v) is 12.0. The smallest absolute Gasteiger partial charge is 0.341 e. The van der Waals surface area contributed by atoms with Gasteiger partial charge in [-0.2, -0.15) is 0 Å². The highest BCUT2D eigenvalue weighted by atomic mass is 79.9. The Kier molecular flexibility index (Phi) is 5.08. The van der Waals surface area contributed by atoms with E-state index in [0.717, 1.165) is 10.0 Å². The second-order valence-electron chi connectivity index (χ2n) is 6.40. The Morgan fingerprint density at radius 2 is 1.80 bits per heavy atom. The topological polar surface area (TPSA) is 35.5 Å². The van der Waals surface area contributed by atoms with Crippen LogP contribution in [0.5, 0.6) is 5.75 Å². The van der Waals surface area contributed by atoms with Gasteiger partial charge in [-0.05, 0) is 42.8 Å². The van der Waals surface area contributed by atoms with Gasteiger partial charge in [0.2, 0.25) is 0 Å². The summed E-state index contributed by atoms with van der Waals surface area (Å²) in [6.07, 6.45) is 0. The molecule has 0 aromatic heterocycles. The molecule has 1 aromatic carbocycles. The summed E-state index contributed by atoms with van der Waals surface area (Å²) in [4.78, 5) is 12.0. The van der Waals surface area contributed by atoms with Gasteiger partial charge in [0.15, 0.2) is 0 Å². The minimum Gasteiger partial charge on any atom is -0.543 e. The predicted molar refractivity (Wildman–Crippen MR) is 88.0 cm³/mol. The Balaban J connectivity index is 3.33. The van der Waals surface area contributed by atoms with Crippen molar-refractivity contribution in [3.05, 3.63) is 27.7 Å². The average molecular weight is 359 g/mol. The minimum atomic E-state index is -2.00. The third kappa shape index (κ3) is 3.44. The van der Waals surface area contributed by atoms with E-state index in [9.17, 15) is 4.79 Å². The summed E-state index contributed by atoms with van der Waals surface area (Å²) in [5, 5.41) is 0.0708.